The van der Waals surface area contributed by atoms with Gasteiger partial charge in [-0.3, -0.25) is 0 Å². The molecule has 31 heavy (non-hydrogen) atoms. The highest BCUT2D eigenvalue weighted by atomic mass is 32.2. The molecule has 3 aromatic carbocycles. The molecular weight excluding hydrogens is 408 g/mol. The van der Waals surface area contributed by atoms with Crippen molar-refractivity contribution >= 4 is 9.84 Å². The first-order valence-electron chi connectivity index (χ1n) is 9.74. The van der Waals surface area contributed by atoms with Crippen molar-refractivity contribution in [3.05, 3.63) is 103 Å². The van der Waals surface area contributed by atoms with Crippen LogP contribution in [0.15, 0.2) is 118 Å². The zero-order valence-corrected chi connectivity index (χ0v) is 17.2. The van der Waals surface area contributed by atoms with E-state index in [2.05, 4.69) is 10.1 Å². The lowest BCUT2D eigenvalue weighted by Crippen LogP contribution is -2.05. The summed E-state index contributed by atoms with van der Waals surface area (Å²) in [5, 5.41) is 4.18. The first-order valence-corrected chi connectivity index (χ1v) is 11.2. The molecule has 0 aliphatic heterocycles. The Morgan fingerprint density at radius 1 is 0.677 bits per heavy atom. The number of benzene rings is 3. The van der Waals surface area contributed by atoms with Crippen LogP contribution in [0.3, 0.4) is 0 Å². The molecule has 0 saturated carbocycles. The number of nitrogens with one attached hydrogen (secondary N) is 1. The monoisotopic (exact) mass is 426 g/mol. The highest BCUT2D eigenvalue weighted by Crippen LogP contribution is 2.41. The first kappa shape index (κ1) is 19.1. The van der Waals surface area contributed by atoms with Crippen LogP contribution in [0.25, 0.3) is 33.7 Å². The molecule has 1 N–H and O–H groups in total. The van der Waals surface area contributed by atoms with Gasteiger partial charge in [-0.25, -0.2) is 8.42 Å². The smallest absolute Gasteiger partial charge is 0.214 e. The van der Waals surface area contributed by atoms with Crippen molar-refractivity contribution in [2.24, 2.45) is 0 Å². The lowest BCUT2D eigenvalue weighted by atomic mass is 10.1. The molecule has 5 rings (SSSR count). The molecule has 0 spiro atoms. The van der Waals surface area contributed by atoms with E-state index in [1.54, 1.807) is 6.20 Å². The molecule has 5 nitrogen and oxygen atoms in total. The molecule has 0 atom stereocenters. The van der Waals surface area contributed by atoms with E-state index >= 15 is 0 Å². The fourth-order valence-corrected chi connectivity index (χ4v) is 5.33. The van der Waals surface area contributed by atoms with Crippen LogP contribution < -0.4 is 0 Å². The Labute approximate surface area is 179 Å². The number of sulfone groups is 1. The molecule has 0 amide bonds. The van der Waals surface area contributed by atoms with Gasteiger partial charge in [-0.2, -0.15) is 0 Å². The summed E-state index contributed by atoms with van der Waals surface area (Å²) in [7, 11) is -3.98. The fourth-order valence-electron chi connectivity index (χ4n) is 3.61. The van der Waals surface area contributed by atoms with Crippen molar-refractivity contribution in [3.8, 4) is 33.7 Å². The number of aromatic amines is 1. The van der Waals surface area contributed by atoms with Crippen LogP contribution >= 0.6 is 0 Å². The van der Waals surface area contributed by atoms with Gasteiger partial charge in [0.2, 0.25) is 9.84 Å². The number of nitrogens with zero attached hydrogens (tertiary/aromatic N) is 1. The van der Waals surface area contributed by atoms with E-state index in [4.69, 9.17) is 4.52 Å². The minimum absolute atomic E-state index is 0.0571. The van der Waals surface area contributed by atoms with E-state index in [-0.39, 0.29) is 15.6 Å². The number of hydrogen-bond acceptors (Lipinski definition) is 4. The minimum Gasteiger partial charge on any atom is -0.366 e. The SMILES string of the molecule is O=S(=O)(c1c[nH]cc1-c1ccccc1)c1c(-c2ccccc2)noc1-c1ccccc1. The van der Waals surface area contributed by atoms with Crippen LogP contribution in [0.2, 0.25) is 0 Å². The van der Waals surface area contributed by atoms with E-state index in [1.165, 1.54) is 6.20 Å². The van der Waals surface area contributed by atoms with Gasteiger partial charge < -0.3 is 9.51 Å². The maximum atomic E-state index is 14.0. The van der Waals surface area contributed by atoms with Gasteiger partial charge in [0.15, 0.2) is 5.76 Å². The van der Waals surface area contributed by atoms with Crippen molar-refractivity contribution in [1.29, 1.82) is 0 Å². The summed E-state index contributed by atoms with van der Waals surface area (Å²) < 4.78 is 33.7. The van der Waals surface area contributed by atoms with Crippen LogP contribution in [0.1, 0.15) is 0 Å². The average molecular weight is 426 g/mol. The van der Waals surface area contributed by atoms with Crippen LogP contribution in [0.4, 0.5) is 0 Å². The topological polar surface area (TPSA) is 76.0 Å². The van der Waals surface area contributed by atoms with Gasteiger partial charge in [-0.15, -0.1) is 0 Å². The molecular formula is C25H18N2O3S. The van der Waals surface area contributed by atoms with Crippen molar-refractivity contribution < 1.29 is 12.9 Å². The normalized spacial score (nSPS) is 11.5. The molecule has 6 heteroatoms. The number of rotatable bonds is 5. The Kier molecular flexibility index (Phi) is 4.76. The summed E-state index contributed by atoms with van der Waals surface area (Å²) in [4.78, 5) is 3.19. The second-order valence-electron chi connectivity index (χ2n) is 7.02. The van der Waals surface area contributed by atoms with Gasteiger partial charge in [-0.05, 0) is 5.56 Å². The molecule has 2 heterocycles. The molecule has 0 saturated heterocycles. The lowest BCUT2D eigenvalue weighted by molar-refractivity contribution is 0.433. The van der Waals surface area contributed by atoms with Crippen LogP contribution in [-0.4, -0.2) is 18.6 Å². The van der Waals surface area contributed by atoms with Gasteiger partial charge >= 0.3 is 0 Å². The molecule has 0 fully saturated rings. The van der Waals surface area contributed by atoms with Crippen LogP contribution in [0, 0.1) is 0 Å². The van der Waals surface area contributed by atoms with Crippen molar-refractivity contribution in [2.45, 2.75) is 9.79 Å². The van der Waals surface area contributed by atoms with E-state index < -0.39 is 9.84 Å². The Morgan fingerprint density at radius 3 is 1.84 bits per heavy atom. The Morgan fingerprint density at radius 2 is 1.23 bits per heavy atom. The van der Waals surface area contributed by atoms with Crippen LogP contribution in [0.5, 0.6) is 0 Å². The van der Waals surface area contributed by atoms with E-state index in [9.17, 15) is 8.42 Å². The van der Waals surface area contributed by atoms with Gasteiger partial charge in [0.1, 0.15) is 10.6 Å². The molecule has 0 bridgehead atoms. The van der Waals surface area contributed by atoms with Crippen LogP contribution in [-0.2, 0) is 9.84 Å². The third kappa shape index (κ3) is 3.37. The molecule has 152 valence electrons. The maximum Gasteiger partial charge on any atom is 0.214 e. The summed E-state index contributed by atoms with van der Waals surface area (Å²) in [5.41, 5.74) is 3.01. The molecule has 0 radical (unpaired) electrons. The number of aromatic nitrogens is 2. The minimum atomic E-state index is -3.98. The summed E-state index contributed by atoms with van der Waals surface area (Å²) in [6.07, 6.45) is 3.20. The third-order valence-electron chi connectivity index (χ3n) is 5.08. The Bertz CT molecular complexity index is 1370. The van der Waals surface area contributed by atoms with Gasteiger partial charge in [0.25, 0.3) is 0 Å². The van der Waals surface area contributed by atoms with Crippen molar-refractivity contribution in [2.75, 3.05) is 0 Å². The van der Waals surface area contributed by atoms with Crippen molar-refractivity contribution in [1.82, 2.24) is 10.1 Å². The molecule has 0 aliphatic rings. The molecule has 5 aromatic rings. The molecule has 2 aromatic heterocycles. The summed E-state index contributed by atoms with van der Waals surface area (Å²) in [6, 6.07) is 27.8. The summed E-state index contributed by atoms with van der Waals surface area (Å²) in [6.45, 7) is 0. The van der Waals surface area contributed by atoms with Crippen molar-refractivity contribution in [3.63, 3.8) is 0 Å². The second-order valence-corrected chi connectivity index (χ2v) is 8.88. The fraction of sp³-hybridized carbons (Fsp3) is 0. The maximum absolute atomic E-state index is 14.0. The zero-order valence-electron chi connectivity index (χ0n) is 16.4. The highest BCUT2D eigenvalue weighted by molar-refractivity contribution is 7.92. The van der Waals surface area contributed by atoms with Gasteiger partial charge in [0, 0.05) is 29.1 Å². The predicted molar refractivity (Wildman–Crippen MR) is 119 cm³/mol. The van der Waals surface area contributed by atoms with E-state index in [0.717, 1.165) is 5.56 Å². The summed E-state index contributed by atoms with van der Waals surface area (Å²) >= 11 is 0. The summed E-state index contributed by atoms with van der Waals surface area (Å²) in [5.74, 6) is 0.222. The first-order chi connectivity index (χ1) is 15.2. The van der Waals surface area contributed by atoms with E-state index in [1.807, 2.05) is 91.0 Å². The van der Waals surface area contributed by atoms with Gasteiger partial charge in [0.05, 0.1) is 4.90 Å². The largest absolute Gasteiger partial charge is 0.366 e. The quantitative estimate of drug-likeness (QED) is 0.383. The number of hydrogen-bond donors (Lipinski definition) is 1. The predicted octanol–water partition coefficient (Wildman–Crippen LogP) is 5.84. The molecule has 0 unspecified atom stereocenters. The second kappa shape index (κ2) is 7.74. The molecule has 0 aliphatic carbocycles. The van der Waals surface area contributed by atoms with Gasteiger partial charge in [-0.1, -0.05) is 96.2 Å². The zero-order chi connectivity index (χ0) is 21.3. The highest BCUT2D eigenvalue weighted by Gasteiger charge is 2.33. The Balaban J connectivity index is 1.77. The lowest BCUT2D eigenvalue weighted by Gasteiger charge is -2.08. The standard InChI is InChI=1S/C25H18N2O3S/c28-31(29,22-17-26-16-21(22)18-10-4-1-5-11-18)25-23(19-12-6-2-7-13-19)27-30-24(25)20-14-8-3-9-15-20/h1-17,26H. The third-order valence-corrected chi connectivity index (χ3v) is 6.92. The average Bonchev–Trinajstić information content (AvgIpc) is 3.49. The van der Waals surface area contributed by atoms with E-state index in [0.29, 0.717) is 22.4 Å². The Hall–Kier alpha value is -3.90. The number of H-pyrrole nitrogens is 1.